The summed E-state index contributed by atoms with van der Waals surface area (Å²) in [5.41, 5.74) is 5.30. The van der Waals surface area contributed by atoms with Gasteiger partial charge in [-0.3, -0.25) is 4.79 Å². The Morgan fingerprint density at radius 1 is 1.80 bits per heavy atom. The van der Waals surface area contributed by atoms with Crippen LogP contribution in [0.4, 0.5) is 0 Å². The molecule has 1 fully saturated rings. The lowest BCUT2D eigenvalue weighted by atomic mass is 10.4. The number of aliphatic hydroxyl groups excluding tert-OH is 1. The van der Waals surface area contributed by atoms with Crippen LogP contribution in [0.5, 0.6) is 0 Å². The van der Waals surface area contributed by atoms with Crippen molar-refractivity contribution < 1.29 is 19.4 Å². The summed E-state index contributed by atoms with van der Waals surface area (Å²) in [5, 5.41) is 11.0. The van der Waals surface area contributed by atoms with Crippen LogP contribution in [0.15, 0.2) is 5.38 Å². The largest absolute Gasteiger partial charge is 0.391 e. The van der Waals surface area contributed by atoms with Crippen molar-refractivity contribution in [3.8, 4) is 0 Å². The zero-order valence-electron chi connectivity index (χ0n) is 7.75. The molecule has 0 unspecified atom stereocenters. The number of aromatic nitrogens is 1. The number of rotatable bonds is 3. The SMILES string of the molecule is NC(=O)c1csc([C@H]2CO[C@@H](CO)O2)n1. The van der Waals surface area contributed by atoms with E-state index in [1.807, 2.05) is 0 Å². The fourth-order valence-corrected chi connectivity index (χ4v) is 2.06. The van der Waals surface area contributed by atoms with Gasteiger partial charge in [0.15, 0.2) is 6.29 Å². The molecule has 82 valence electrons. The van der Waals surface area contributed by atoms with Gasteiger partial charge in [-0.05, 0) is 0 Å². The van der Waals surface area contributed by atoms with Crippen LogP contribution < -0.4 is 5.73 Å². The summed E-state index contributed by atoms with van der Waals surface area (Å²) < 4.78 is 10.4. The molecular formula is C8H10N2O4S. The van der Waals surface area contributed by atoms with Gasteiger partial charge in [0.2, 0.25) is 0 Å². The highest BCUT2D eigenvalue weighted by Crippen LogP contribution is 2.28. The summed E-state index contributed by atoms with van der Waals surface area (Å²) >= 11 is 1.29. The second-order valence-corrected chi connectivity index (χ2v) is 3.90. The van der Waals surface area contributed by atoms with Gasteiger partial charge >= 0.3 is 0 Å². The van der Waals surface area contributed by atoms with Crippen LogP contribution in [0.25, 0.3) is 0 Å². The van der Waals surface area contributed by atoms with Crippen LogP contribution >= 0.6 is 11.3 Å². The predicted octanol–water partition coefficient (Wildman–Crippen LogP) is -0.352. The Morgan fingerprint density at radius 2 is 2.60 bits per heavy atom. The molecule has 1 aliphatic heterocycles. The molecule has 1 aliphatic rings. The molecule has 0 bridgehead atoms. The molecule has 1 aromatic rings. The third-order valence-electron chi connectivity index (χ3n) is 1.95. The van der Waals surface area contributed by atoms with Crippen molar-refractivity contribution in [3.05, 3.63) is 16.1 Å². The summed E-state index contributed by atoms with van der Waals surface area (Å²) in [6, 6.07) is 0. The number of thiazole rings is 1. The minimum absolute atomic E-state index is 0.190. The Balaban J connectivity index is 2.07. The normalized spacial score (nSPS) is 25.7. The molecule has 7 heteroatoms. The van der Waals surface area contributed by atoms with Gasteiger partial charge in [0, 0.05) is 5.38 Å². The predicted molar refractivity (Wildman–Crippen MR) is 51.3 cm³/mol. The molecule has 2 heterocycles. The van der Waals surface area contributed by atoms with Gasteiger partial charge in [-0.25, -0.2) is 4.98 Å². The Labute approximate surface area is 89.6 Å². The lowest BCUT2D eigenvalue weighted by Crippen LogP contribution is -2.13. The minimum atomic E-state index is -0.601. The van der Waals surface area contributed by atoms with Gasteiger partial charge in [-0.2, -0.15) is 0 Å². The monoisotopic (exact) mass is 230 g/mol. The summed E-state index contributed by atoms with van der Waals surface area (Å²) in [7, 11) is 0. The van der Waals surface area contributed by atoms with E-state index in [-0.39, 0.29) is 18.4 Å². The second-order valence-electron chi connectivity index (χ2n) is 3.01. The molecule has 2 rings (SSSR count). The highest BCUT2D eigenvalue weighted by atomic mass is 32.1. The lowest BCUT2D eigenvalue weighted by Gasteiger charge is -2.05. The highest BCUT2D eigenvalue weighted by Gasteiger charge is 2.29. The van der Waals surface area contributed by atoms with Gasteiger partial charge in [0.05, 0.1) is 13.2 Å². The third kappa shape index (κ3) is 2.15. The van der Waals surface area contributed by atoms with Crippen molar-refractivity contribution >= 4 is 17.2 Å². The average Bonchev–Trinajstić information content (AvgIpc) is 2.86. The molecule has 0 spiro atoms. The van der Waals surface area contributed by atoms with E-state index in [4.69, 9.17) is 20.3 Å². The van der Waals surface area contributed by atoms with Crippen molar-refractivity contribution in [2.75, 3.05) is 13.2 Å². The first-order chi connectivity index (χ1) is 7.20. The zero-order valence-corrected chi connectivity index (χ0v) is 8.57. The Bertz CT molecular complexity index is 367. The molecule has 0 saturated carbocycles. The van der Waals surface area contributed by atoms with Crippen LogP contribution in [0.1, 0.15) is 21.6 Å². The number of carbonyl (C=O) groups excluding carboxylic acids is 1. The summed E-state index contributed by atoms with van der Waals surface area (Å²) in [4.78, 5) is 14.8. The Morgan fingerprint density at radius 3 is 3.13 bits per heavy atom. The first-order valence-corrected chi connectivity index (χ1v) is 5.22. The molecule has 0 aromatic carbocycles. The minimum Gasteiger partial charge on any atom is -0.391 e. The molecule has 6 nitrogen and oxygen atoms in total. The molecule has 0 radical (unpaired) electrons. The average molecular weight is 230 g/mol. The molecular weight excluding hydrogens is 220 g/mol. The quantitative estimate of drug-likeness (QED) is 0.740. The number of amides is 1. The number of nitrogens with two attached hydrogens (primary N) is 1. The number of ether oxygens (including phenoxy) is 2. The topological polar surface area (TPSA) is 94.7 Å². The first kappa shape index (κ1) is 10.5. The summed E-state index contributed by atoms with van der Waals surface area (Å²) in [6.45, 7) is 0.140. The van der Waals surface area contributed by atoms with Crippen LogP contribution in [-0.2, 0) is 9.47 Å². The Kier molecular flexibility index (Phi) is 2.96. The van der Waals surface area contributed by atoms with Crippen LogP contribution in [0, 0.1) is 0 Å². The maximum absolute atomic E-state index is 10.8. The van der Waals surface area contributed by atoms with Crippen LogP contribution in [0.3, 0.4) is 0 Å². The number of primary amides is 1. The van der Waals surface area contributed by atoms with E-state index in [9.17, 15) is 4.79 Å². The smallest absolute Gasteiger partial charge is 0.268 e. The van der Waals surface area contributed by atoms with E-state index >= 15 is 0 Å². The van der Waals surface area contributed by atoms with E-state index in [0.29, 0.717) is 11.6 Å². The van der Waals surface area contributed by atoms with Gasteiger partial charge in [0.25, 0.3) is 5.91 Å². The van der Waals surface area contributed by atoms with Gasteiger partial charge < -0.3 is 20.3 Å². The van der Waals surface area contributed by atoms with Crippen molar-refractivity contribution in [2.45, 2.75) is 12.4 Å². The third-order valence-corrected chi connectivity index (χ3v) is 2.89. The Hall–Kier alpha value is -1.02. The van der Waals surface area contributed by atoms with E-state index in [0.717, 1.165) is 0 Å². The maximum atomic E-state index is 10.8. The molecule has 0 aliphatic carbocycles. The zero-order chi connectivity index (χ0) is 10.8. The number of carbonyl (C=O) groups is 1. The second kappa shape index (κ2) is 4.23. The van der Waals surface area contributed by atoms with E-state index in [1.165, 1.54) is 11.3 Å². The number of hydrogen-bond donors (Lipinski definition) is 2. The summed E-state index contributed by atoms with van der Waals surface area (Å²) in [6.07, 6.45) is -0.920. The van der Waals surface area contributed by atoms with Crippen molar-refractivity contribution in [3.63, 3.8) is 0 Å². The number of nitrogens with zero attached hydrogens (tertiary/aromatic N) is 1. The fraction of sp³-hybridized carbons (Fsp3) is 0.500. The maximum Gasteiger partial charge on any atom is 0.268 e. The molecule has 15 heavy (non-hydrogen) atoms. The van der Waals surface area contributed by atoms with Crippen LogP contribution in [-0.4, -0.2) is 35.5 Å². The van der Waals surface area contributed by atoms with Crippen molar-refractivity contribution in [2.24, 2.45) is 5.73 Å². The van der Waals surface area contributed by atoms with E-state index in [2.05, 4.69) is 4.98 Å². The van der Waals surface area contributed by atoms with Crippen LogP contribution in [0.2, 0.25) is 0 Å². The molecule has 1 amide bonds. The van der Waals surface area contributed by atoms with Gasteiger partial charge in [0.1, 0.15) is 16.8 Å². The number of hydrogen-bond acceptors (Lipinski definition) is 6. The number of aliphatic hydroxyl groups is 1. The van der Waals surface area contributed by atoms with E-state index < -0.39 is 12.2 Å². The summed E-state index contributed by atoms with van der Waals surface area (Å²) in [5.74, 6) is -0.560. The first-order valence-electron chi connectivity index (χ1n) is 4.34. The molecule has 1 aromatic heterocycles. The molecule has 3 N–H and O–H groups in total. The van der Waals surface area contributed by atoms with Gasteiger partial charge in [-0.1, -0.05) is 0 Å². The lowest BCUT2D eigenvalue weighted by molar-refractivity contribution is -0.0882. The van der Waals surface area contributed by atoms with Gasteiger partial charge in [-0.15, -0.1) is 11.3 Å². The van der Waals surface area contributed by atoms with Crippen molar-refractivity contribution in [1.82, 2.24) is 4.98 Å². The fourth-order valence-electron chi connectivity index (χ4n) is 1.23. The van der Waals surface area contributed by atoms with Crippen molar-refractivity contribution in [1.29, 1.82) is 0 Å². The molecule has 2 atom stereocenters. The highest BCUT2D eigenvalue weighted by molar-refractivity contribution is 7.09. The standard InChI is InChI=1S/C8H10N2O4S/c9-7(12)4-3-15-8(10-4)5-2-13-6(1-11)14-5/h3,5-6,11H,1-2H2,(H2,9,12)/t5-,6-/m1/s1. The molecule has 1 saturated heterocycles. The van der Waals surface area contributed by atoms with E-state index in [1.54, 1.807) is 5.38 Å².